The Morgan fingerprint density at radius 2 is 1.95 bits per heavy atom. The van der Waals surface area contributed by atoms with Crippen molar-refractivity contribution < 1.29 is 8.95 Å². The average Bonchev–Trinajstić information content (AvgIpc) is 2.50. The van der Waals surface area contributed by atoms with Crippen LogP contribution in [0.25, 0.3) is 10.8 Å². The highest BCUT2D eigenvalue weighted by Crippen LogP contribution is 2.18. The molecule has 0 aliphatic heterocycles. The van der Waals surface area contributed by atoms with Crippen molar-refractivity contribution in [3.63, 3.8) is 0 Å². The number of nitrogens with two attached hydrogens (primary N) is 1. The fourth-order valence-corrected chi connectivity index (χ4v) is 3.36. The van der Waals surface area contributed by atoms with Gasteiger partial charge in [0.25, 0.3) is 0 Å². The molecule has 0 fully saturated rings. The summed E-state index contributed by atoms with van der Waals surface area (Å²) in [4.78, 5) is 0.871. The third kappa shape index (κ3) is 3.88. The first-order valence-corrected chi connectivity index (χ1v) is 8.25. The van der Waals surface area contributed by atoms with Crippen molar-refractivity contribution in [1.82, 2.24) is 0 Å². The standard InChI is InChI=1S/C16H21NO2S/c1-2-19-15(12-17)9-10-20(18)16-8-7-13-5-3-4-6-14(13)11-16/h3-8,11,15H,2,9-10,12,17H2,1H3. The molecule has 20 heavy (non-hydrogen) atoms. The topological polar surface area (TPSA) is 52.3 Å². The summed E-state index contributed by atoms with van der Waals surface area (Å²) in [7, 11) is -1.00. The highest BCUT2D eigenvalue weighted by molar-refractivity contribution is 7.85. The minimum atomic E-state index is -1.00. The van der Waals surface area contributed by atoms with Crippen LogP contribution in [0, 0.1) is 0 Å². The molecule has 0 saturated heterocycles. The zero-order chi connectivity index (χ0) is 14.4. The van der Waals surface area contributed by atoms with E-state index in [0.717, 1.165) is 16.7 Å². The van der Waals surface area contributed by atoms with Gasteiger partial charge in [0.15, 0.2) is 0 Å². The van der Waals surface area contributed by atoms with Crippen LogP contribution in [0.3, 0.4) is 0 Å². The van der Waals surface area contributed by atoms with Gasteiger partial charge in [-0.1, -0.05) is 30.3 Å². The van der Waals surface area contributed by atoms with Gasteiger partial charge in [0.05, 0.1) is 16.9 Å². The molecule has 2 N–H and O–H groups in total. The molecule has 0 amide bonds. The molecule has 2 aromatic rings. The van der Waals surface area contributed by atoms with Gasteiger partial charge < -0.3 is 10.5 Å². The van der Waals surface area contributed by atoms with Gasteiger partial charge in [0, 0.05) is 23.8 Å². The molecule has 0 bridgehead atoms. The molecule has 2 rings (SSSR count). The molecular weight excluding hydrogens is 270 g/mol. The third-order valence-electron chi connectivity index (χ3n) is 3.27. The molecule has 108 valence electrons. The van der Waals surface area contributed by atoms with Gasteiger partial charge in [-0.15, -0.1) is 0 Å². The fraction of sp³-hybridized carbons (Fsp3) is 0.375. The Bertz CT molecular complexity index is 585. The lowest BCUT2D eigenvalue weighted by Gasteiger charge is -2.14. The van der Waals surface area contributed by atoms with Crippen LogP contribution in [-0.4, -0.2) is 29.2 Å². The van der Waals surface area contributed by atoms with Crippen molar-refractivity contribution in [3.05, 3.63) is 42.5 Å². The lowest BCUT2D eigenvalue weighted by Crippen LogP contribution is -2.25. The van der Waals surface area contributed by atoms with E-state index >= 15 is 0 Å². The SMILES string of the molecule is CCOC(CN)CCS(=O)c1ccc2ccccc2c1. The zero-order valence-electron chi connectivity index (χ0n) is 11.7. The van der Waals surface area contributed by atoms with E-state index in [1.165, 1.54) is 5.39 Å². The van der Waals surface area contributed by atoms with Crippen LogP contribution in [0.1, 0.15) is 13.3 Å². The molecular formula is C16H21NO2S. The molecule has 0 radical (unpaired) electrons. The first-order valence-electron chi connectivity index (χ1n) is 6.93. The number of hydrogen-bond donors (Lipinski definition) is 1. The van der Waals surface area contributed by atoms with Crippen molar-refractivity contribution in [2.75, 3.05) is 18.9 Å². The van der Waals surface area contributed by atoms with Gasteiger partial charge in [0.1, 0.15) is 0 Å². The third-order valence-corrected chi connectivity index (χ3v) is 4.66. The van der Waals surface area contributed by atoms with Crippen LogP contribution in [0.4, 0.5) is 0 Å². The van der Waals surface area contributed by atoms with Gasteiger partial charge >= 0.3 is 0 Å². The first kappa shape index (κ1) is 15.2. The summed E-state index contributed by atoms with van der Waals surface area (Å²) in [5.74, 6) is 0.584. The summed E-state index contributed by atoms with van der Waals surface area (Å²) >= 11 is 0. The Hall–Kier alpha value is -1.23. The summed E-state index contributed by atoms with van der Waals surface area (Å²) in [5, 5.41) is 2.29. The van der Waals surface area contributed by atoms with E-state index in [0.29, 0.717) is 18.9 Å². The van der Waals surface area contributed by atoms with Gasteiger partial charge in [-0.2, -0.15) is 0 Å². The normalized spacial score (nSPS) is 14.3. The van der Waals surface area contributed by atoms with E-state index in [9.17, 15) is 4.21 Å². The molecule has 0 spiro atoms. The van der Waals surface area contributed by atoms with Crippen molar-refractivity contribution in [2.24, 2.45) is 5.73 Å². The average molecular weight is 291 g/mol. The highest BCUT2D eigenvalue weighted by atomic mass is 32.2. The van der Waals surface area contributed by atoms with Gasteiger partial charge in [-0.05, 0) is 36.2 Å². The molecule has 2 aromatic carbocycles. The van der Waals surface area contributed by atoms with Gasteiger partial charge in [0.2, 0.25) is 0 Å². The molecule has 2 atom stereocenters. The van der Waals surface area contributed by atoms with E-state index in [1.54, 1.807) is 0 Å². The fourth-order valence-electron chi connectivity index (χ4n) is 2.17. The summed E-state index contributed by atoms with van der Waals surface area (Å²) < 4.78 is 17.8. The van der Waals surface area contributed by atoms with Crippen LogP contribution >= 0.6 is 0 Å². The predicted octanol–water partition coefficient (Wildman–Crippen LogP) is 2.70. The van der Waals surface area contributed by atoms with Crippen LogP contribution in [-0.2, 0) is 15.5 Å². The van der Waals surface area contributed by atoms with Crippen LogP contribution in [0.15, 0.2) is 47.4 Å². The van der Waals surface area contributed by atoms with E-state index in [1.807, 2.05) is 43.3 Å². The van der Waals surface area contributed by atoms with Gasteiger partial charge in [-0.25, -0.2) is 0 Å². The molecule has 0 aromatic heterocycles. The second kappa shape index (κ2) is 7.53. The van der Waals surface area contributed by atoms with E-state index in [2.05, 4.69) is 6.07 Å². The Morgan fingerprint density at radius 3 is 2.65 bits per heavy atom. The number of benzene rings is 2. The first-order chi connectivity index (χ1) is 9.74. The lowest BCUT2D eigenvalue weighted by atomic mass is 10.1. The van der Waals surface area contributed by atoms with E-state index in [4.69, 9.17) is 10.5 Å². The zero-order valence-corrected chi connectivity index (χ0v) is 12.6. The van der Waals surface area contributed by atoms with Crippen molar-refractivity contribution in [2.45, 2.75) is 24.3 Å². The summed E-state index contributed by atoms with van der Waals surface area (Å²) in [6, 6.07) is 14.1. The number of hydrogen-bond acceptors (Lipinski definition) is 3. The van der Waals surface area contributed by atoms with Crippen molar-refractivity contribution >= 4 is 21.6 Å². The summed E-state index contributed by atoms with van der Waals surface area (Å²) in [5.41, 5.74) is 5.63. The highest BCUT2D eigenvalue weighted by Gasteiger charge is 2.10. The van der Waals surface area contributed by atoms with Crippen molar-refractivity contribution in [1.29, 1.82) is 0 Å². The van der Waals surface area contributed by atoms with Gasteiger partial charge in [-0.3, -0.25) is 4.21 Å². The largest absolute Gasteiger partial charge is 0.377 e. The second-order valence-corrected chi connectivity index (χ2v) is 6.23. The predicted molar refractivity (Wildman–Crippen MR) is 84.3 cm³/mol. The smallest absolute Gasteiger partial charge is 0.0706 e. The molecule has 4 heteroatoms. The minimum Gasteiger partial charge on any atom is -0.377 e. The number of ether oxygens (including phenoxy) is 1. The van der Waals surface area contributed by atoms with Crippen LogP contribution < -0.4 is 5.73 Å². The Morgan fingerprint density at radius 1 is 1.20 bits per heavy atom. The number of fused-ring (bicyclic) bond motifs is 1. The maximum atomic E-state index is 12.3. The summed E-state index contributed by atoms with van der Waals surface area (Å²) in [6.07, 6.45) is 0.730. The maximum Gasteiger partial charge on any atom is 0.0706 e. The van der Waals surface area contributed by atoms with Crippen LogP contribution in [0.5, 0.6) is 0 Å². The molecule has 3 nitrogen and oxygen atoms in total. The Labute approximate surface area is 122 Å². The lowest BCUT2D eigenvalue weighted by molar-refractivity contribution is 0.0672. The maximum absolute atomic E-state index is 12.3. The minimum absolute atomic E-state index is 0.00408. The van der Waals surface area contributed by atoms with Crippen LogP contribution in [0.2, 0.25) is 0 Å². The second-order valence-electron chi connectivity index (χ2n) is 4.66. The molecule has 0 saturated carbocycles. The van der Waals surface area contributed by atoms with E-state index < -0.39 is 10.8 Å². The monoisotopic (exact) mass is 291 g/mol. The summed E-state index contributed by atoms with van der Waals surface area (Å²) in [6.45, 7) is 3.07. The number of rotatable bonds is 7. The Balaban J connectivity index is 2.03. The quantitative estimate of drug-likeness (QED) is 0.853. The van der Waals surface area contributed by atoms with E-state index in [-0.39, 0.29) is 6.10 Å². The molecule has 0 heterocycles. The van der Waals surface area contributed by atoms with Crippen molar-refractivity contribution in [3.8, 4) is 0 Å². The molecule has 2 unspecified atom stereocenters. The molecule has 0 aliphatic carbocycles. The Kier molecular flexibility index (Phi) is 5.71. The molecule has 0 aliphatic rings.